The molecule has 2 nitrogen and oxygen atoms in total. The maximum atomic E-state index is 11.7. The number of ether oxygens (including phenoxy) is 1. The maximum Gasteiger partial charge on any atom is 0.313 e. The van der Waals surface area contributed by atoms with E-state index in [0.29, 0.717) is 0 Å². The first-order valence-corrected chi connectivity index (χ1v) is 8.02. The van der Waals surface area contributed by atoms with Crippen molar-refractivity contribution in [2.75, 3.05) is 0 Å². The van der Waals surface area contributed by atoms with Crippen LogP contribution in [0.5, 0.6) is 0 Å². The average molecular weight is 294 g/mol. The van der Waals surface area contributed by atoms with E-state index in [2.05, 4.69) is 55.5 Å². The number of cyclic esters (lactones) is 1. The monoisotopic (exact) mass is 294 g/mol. The van der Waals surface area contributed by atoms with Gasteiger partial charge in [0.15, 0.2) is 0 Å². The number of rotatable bonds is 6. The lowest BCUT2D eigenvalue weighted by molar-refractivity contribution is -0.185. The van der Waals surface area contributed by atoms with Gasteiger partial charge in [0.1, 0.15) is 6.10 Å². The Morgan fingerprint density at radius 3 is 2.18 bits per heavy atom. The van der Waals surface area contributed by atoms with Gasteiger partial charge in [0.2, 0.25) is 0 Å². The van der Waals surface area contributed by atoms with Crippen LogP contribution in [-0.2, 0) is 22.4 Å². The smallest absolute Gasteiger partial charge is 0.313 e. The molecule has 22 heavy (non-hydrogen) atoms. The van der Waals surface area contributed by atoms with E-state index in [1.807, 2.05) is 6.07 Å². The number of carbonyl (C=O) groups is 1. The summed E-state index contributed by atoms with van der Waals surface area (Å²) in [5, 5.41) is 0. The molecule has 2 heteroatoms. The van der Waals surface area contributed by atoms with E-state index in [1.54, 1.807) is 0 Å². The van der Waals surface area contributed by atoms with Crippen molar-refractivity contribution in [1.82, 2.24) is 0 Å². The highest BCUT2D eigenvalue weighted by Gasteiger charge is 2.41. The quantitative estimate of drug-likeness (QED) is 0.750. The Hall–Kier alpha value is -2.09. The van der Waals surface area contributed by atoms with Gasteiger partial charge < -0.3 is 4.74 Å². The van der Waals surface area contributed by atoms with Crippen LogP contribution < -0.4 is 0 Å². The molecule has 0 N–H and O–H groups in total. The molecule has 0 aliphatic carbocycles. The average Bonchev–Trinajstić information content (AvgIpc) is 2.54. The molecule has 1 heterocycles. The second kappa shape index (κ2) is 6.78. The van der Waals surface area contributed by atoms with E-state index in [-0.39, 0.29) is 18.0 Å². The molecule has 0 bridgehead atoms. The number of benzene rings is 2. The Morgan fingerprint density at radius 1 is 0.864 bits per heavy atom. The first-order chi connectivity index (χ1) is 10.7. The minimum absolute atomic E-state index is 0.0230. The molecule has 1 aliphatic heterocycles. The lowest BCUT2D eigenvalue weighted by atomic mass is 9.87. The van der Waals surface area contributed by atoms with Crippen LogP contribution in [0, 0.1) is 12.8 Å². The molecule has 1 fully saturated rings. The number of hydrogen-bond donors (Lipinski definition) is 0. The summed E-state index contributed by atoms with van der Waals surface area (Å²) in [4.78, 5) is 11.7. The van der Waals surface area contributed by atoms with Gasteiger partial charge in [0.25, 0.3) is 0 Å². The van der Waals surface area contributed by atoms with E-state index in [4.69, 9.17) is 4.74 Å². The van der Waals surface area contributed by atoms with Crippen LogP contribution >= 0.6 is 0 Å². The van der Waals surface area contributed by atoms with E-state index in [0.717, 1.165) is 25.7 Å². The van der Waals surface area contributed by atoms with Crippen LogP contribution in [0.3, 0.4) is 0 Å². The molecule has 0 radical (unpaired) electrons. The van der Waals surface area contributed by atoms with E-state index in [9.17, 15) is 4.79 Å². The van der Waals surface area contributed by atoms with Gasteiger partial charge in [0, 0.05) is 0 Å². The first-order valence-electron chi connectivity index (χ1n) is 8.02. The molecule has 3 rings (SSSR count). The molecule has 114 valence electrons. The van der Waals surface area contributed by atoms with Gasteiger partial charge in [-0.25, -0.2) is 0 Å². The van der Waals surface area contributed by atoms with Crippen molar-refractivity contribution in [3.63, 3.8) is 0 Å². The normalized spacial score (nSPS) is 20.3. The van der Waals surface area contributed by atoms with Gasteiger partial charge in [-0.05, 0) is 43.7 Å². The lowest BCUT2D eigenvalue weighted by Gasteiger charge is -2.35. The first kappa shape index (κ1) is 14.8. The molecular formula is C20H22O2. The Balaban J connectivity index is 1.49. The molecule has 0 saturated carbocycles. The van der Waals surface area contributed by atoms with Crippen molar-refractivity contribution in [1.29, 1.82) is 0 Å². The van der Waals surface area contributed by atoms with Crippen LogP contribution in [-0.4, -0.2) is 12.1 Å². The predicted octanol–water partition coefficient (Wildman–Crippen LogP) is 4.10. The van der Waals surface area contributed by atoms with Crippen molar-refractivity contribution >= 4 is 5.97 Å². The van der Waals surface area contributed by atoms with E-state index >= 15 is 0 Å². The standard InChI is InChI=1S/C20H22O2/c1-15-7-9-17(10-8-15)11-13-18-19(22-20(18)21)14-12-16-5-3-2-4-6-16/h2-10,18-19H,11-14H2,1H3. The minimum atomic E-state index is -0.0230. The molecule has 0 amide bonds. The van der Waals surface area contributed by atoms with Crippen molar-refractivity contribution in [3.05, 3.63) is 71.3 Å². The van der Waals surface area contributed by atoms with E-state index in [1.165, 1.54) is 16.7 Å². The Bertz CT molecular complexity index is 616. The zero-order valence-corrected chi connectivity index (χ0v) is 13.0. The SMILES string of the molecule is Cc1ccc(CCC2C(=O)OC2CCc2ccccc2)cc1. The molecule has 1 saturated heterocycles. The van der Waals surface area contributed by atoms with Gasteiger partial charge in [-0.1, -0.05) is 60.2 Å². The Morgan fingerprint density at radius 2 is 1.50 bits per heavy atom. The number of carbonyl (C=O) groups excluding carboxylic acids is 1. The molecule has 2 aromatic carbocycles. The number of esters is 1. The van der Waals surface area contributed by atoms with Crippen LogP contribution in [0.1, 0.15) is 29.5 Å². The summed E-state index contributed by atoms with van der Waals surface area (Å²) in [6, 6.07) is 18.9. The van der Waals surface area contributed by atoms with Crippen molar-refractivity contribution in [2.24, 2.45) is 5.92 Å². The second-order valence-corrected chi connectivity index (χ2v) is 6.13. The Kier molecular flexibility index (Phi) is 4.57. The fourth-order valence-corrected chi connectivity index (χ4v) is 2.99. The summed E-state index contributed by atoms with van der Waals surface area (Å²) in [5.74, 6) is 0.0511. The molecular weight excluding hydrogens is 272 g/mol. The predicted molar refractivity (Wildman–Crippen MR) is 87.6 cm³/mol. The molecule has 1 aliphatic rings. The third-order valence-electron chi connectivity index (χ3n) is 4.44. The minimum Gasteiger partial charge on any atom is -0.461 e. The number of aryl methyl sites for hydroxylation is 3. The summed E-state index contributed by atoms with van der Waals surface area (Å²) < 4.78 is 5.34. The summed E-state index contributed by atoms with van der Waals surface area (Å²) in [7, 11) is 0. The molecule has 0 aromatic heterocycles. The van der Waals surface area contributed by atoms with Crippen molar-refractivity contribution in [2.45, 2.75) is 38.7 Å². The molecule has 2 unspecified atom stereocenters. The fraction of sp³-hybridized carbons (Fsp3) is 0.350. The molecule has 2 aromatic rings. The zero-order chi connectivity index (χ0) is 15.4. The van der Waals surface area contributed by atoms with Crippen LogP contribution in [0.15, 0.2) is 54.6 Å². The highest BCUT2D eigenvalue weighted by Crippen LogP contribution is 2.30. The van der Waals surface area contributed by atoms with Gasteiger partial charge >= 0.3 is 5.97 Å². The summed E-state index contributed by atoms with van der Waals surface area (Å²) in [6.07, 6.45) is 3.83. The summed E-state index contributed by atoms with van der Waals surface area (Å²) in [5.41, 5.74) is 3.88. The summed E-state index contributed by atoms with van der Waals surface area (Å²) in [6.45, 7) is 2.09. The maximum absolute atomic E-state index is 11.7. The highest BCUT2D eigenvalue weighted by molar-refractivity contribution is 5.78. The lowest BCUT2D eigenvalue weighted by Crippen LogP contribution is -2.45. The van der Waals surface area contributed by atoms with Crippen molar-refractivity contribution in [3.8, 4) is 0 Å². The number of hydrogen-bond acceptors (Lipinski definition) is 2. The zero-order valence-electron chi connectivity index (χ0n) is 13.0. The van der Waals surface area contributed by atoms with Gasteiger partial charge in [-0.3, -0.25) is 4.79 Å². The van der Waals surface area contributed by atoms with Crippen LogP contribution in [0.25, 0.3) is 0 Å². The molecule has 2 atom stereocenters. The largest absolute Gasteiger partial charge is 0.461 e. The summed E-state index contributed by atoms with van der Waals surface area (Å²) >= 11 is 0. The third kappa shape index (κ3) is 3.56. The highest BCUT2D eigenvalue weighted by atomic mass is 16.6. The van der Waals surface area contributed by atoms with Crippen molar-refractivity contribution < 1.29 is 9.53 Å². The third-order valence-corrected chi connectivity index (χ3v) is 4.44. The fourth-order valence-electron chi connectivity index (χ4n) is 2.99. The second-order valence-electron chi connectivity index (χ2n) is 6.13. The van der Waals surface area contributed by atoms with Crippen LogP contribution in [0.4, 0.5) is 0 Å². The van der Waals surface area contributed by atoms with Crippen LogP contribution in [0.2, 0.25) is 0 Å². The Labute approximate surface area is 132 Å². The van der Waals surface area contributed by atoms with E-state index < -0.39 is 0 Å². The van der Waals surface area contributed by atoms with Gasteiger partial charge in [0.05, 0.1) is 5.92 Å². The molecule has 0 spiro atoms. The van der Waals surface area contributed by atoms with Gasteiger partial charge in [-0.15, -0.1) is 0 Å². The van der Waals surface area contributed by atoms with Gasteiger partial charge in [-0.2, -0.15) is 0 Å². The topological polar surface area (TPSA) is 26.3 Å².